The van der Waals surface area contributed by atoms with Crippen LogP contribution in [0, 0.1) is 0 Å². The van der Waals surface area contributed by atoms with E-state index in [2.05, 4.69) is 4.98 Å². The van der Waals surface area contributed by atoms with E-state index in [9.17, 15) is 21.6 Å². The van der Waals surface area contributed by atoms with E-state index in [0.717, 1.165) is 51.2 Å². The zero-order valence-electron chi connectivity index (χ0n) is 22.1. The van der Waals surface area contributed by atoms with Gasteiger partial charge in [-0.1, -0.05) is 30.6 Å². The minimum Gasteiger partial charge on any atom is -0.376 e. The van der Waals surface area contributed by atoms with Crippen molar-refractivity contribution in [3.63, 3.8) is 0 Å². The summed E-state index contributed by atoms with van der Waals surface area (Å²) in [5, 5.41) is 0.435. The summed E-state index contributed by atoms with van der Waals surface area (Å²) in [6, 6.07) is 10.8. The Morgan fingerprint density at radius 2 is 1.67 bits per heavy atom. The number of sulfonamides is 1. The molecule has 2 heterocycles. The second-order valence-electron chi connectivity index (χ2n) is 10.3. The van der Waals surface area contributed by atoms with Crippen LogP contribution in [0.15, 0.2) is 52.3 Å². The molecule has 5 rings (SSSR count). The Hall–Kier alpha value is -2.38. The zero-order chi connectivity index (χ0) is 27.8. The van der Waals surface area contributed by atoms with E-state index < -0.39 is 19.9 Å². The van der Waals surface area contributed by atoms with Crippen molar-refractivity contribution in [1.82, 2.24) is 9.29 Å². The topological polar surface area (TPSA) is 114 Å². The van der Waals surface area contributed by atoms with E-state index in [1.54, 1.807) is 36.2 Å². The highest BCUT2D eigenvalue weighted by molar-refractivity contribution is 7.90. The summed E-state index contributed by atoms with van der Waals surface area (Å²) in [6.07, 6.45) is 7.65. The minimum absolute atomic E-state index is 0.00536. The smallest absolute Gasteiger partial charge is 0.260 e. The molecule has 2 aromatic carbocycles. The lowest BCUT2D eigenvalue weighted by Gasteiger charge is -2.30. The Bertz CT molecular complexity index is 1560. The zero-order valence-corrected chi connectivity index (χ0v) is 24.5. The normalized spacial score (nSPS) is 19.1. The first kappa shape index (κ1) is 28.2. The number of thiazole rings is 1. The first-order chi connectivity index (χ1) is 18.5. The molecular weight excluding hydrogens is 559 g/mol. The maximum atomic E-state index is 13.8. The van der Waals surface area contributed by atoms with Gasteiger partial charge in [0.25, 0.3) is 5.91 Å². The van der Waals surface area contributed by atoms with Crippen LogP contribution in [0.4, 0.5) is 5.13 Å². The molecule has 12 heteroatoms. The third kappa shape index (κ3) is 6.04. The van der Waals surface area contributed by atoms with Crippen molar-refractivity contribution in [2.75, 3.05) is 31.4 Å². The van der Waals surface area contributed by atoms with Crippen LogP contribution in [-0.2, 0) is 24.6 Å². The number of carbonyl (C=O) groups is 1. The number of hydrogen-bond donors (Lipinski definition) is 0. The molecule has 1 atom stereocenters. The van der Waals surface area contributed by atoms with Gasteiger partial charge < -0.3 is 4.74 Å². The van der Waals surface area contributed by atoms with Crippen LogP contribution < -0.4 is 4.90 Å². The number of aromatic nitrogens is 1. The summed E-state index contributed by atoms with van der Waals surface area (Å²) >= 11 is 1.24. The molecule has 1 saturated carbocycles. The van der Waals surface area contributed by atoms with Gasteiger partial charge in [0.2, 0.25) is 10.0 Å². The highest BCUT2D eigenvalue weighted by atomic mass is 32.2. The Balaban J connectivity index is 1.43. The van der Waals surface area contributed by atoms with Gasteiger partial charge >= 0.3 is 0 Å². The Kier molecular flexibility index (Phi) is 8.12. The van der Waals surface area contributed by atoms with Gasteiger partial charge in [-0.3, -0.25) is 9.69 Å². The van der Waals surface area contributed by atoms with Gasteiger partial charge in [-0.2, -0.15) is 4.31 Å². The van der Waals surface area contributed by atoms with Crippen LogP contribution in [0.2, 0.25) is 0 Å². The van der Waals surface area contributed by atoms with Gasteiger partial charge in [-0.25, -0.2) is 21.8 Å². The molecule has 1 saturated heterocycles. The Morgan fingerprint density at radius 3 is 2.31 bits per heavy atom. The standard InChI is InChI=1S/C27H33N3O6S3/c1-29(20-7-4-3-5-8-20)39(34,35)22-12-10-19(11-13-22)26(31)30(18-21-9-6-16-36-21)27-28-24-15-14-23(38(2,32)33)17-25(24)37-27/h10-15,17,20-21H,3-9,16,18H2,1-2H3. The fourth-order valence-corrected chi connectivity index (χ4v) is 8.36. The summed E-state index contributed by atoms with van der Waals surface area (Å²) in [5.74, 6) is -0.322. The first-order valence-electron chi connectivity index (χ1n) is 13.2. The number of amides is 1. The van der Waals surface area contributed by atoms with Crippen LogP contribution >= 0.6 is 11.3 Å². The molecule has 3 aromatic rings. The quantitative estimate of drug-likeness (QED) is 0.380. The second-order valence-corrected chi connectivity index (χ2v) is 15.3. The Labute approximate surface area is 233 Å². The maximum Gasteiger partial charge on any atom is 0.260 e. The molecule has 2 aliphatic rings. The van der Waals surface area contributed by atoms with Crippen LogP contribution in [0.25, 0.3) is 10.2 Å². The summed E-state index contributed by atoms with van der Waals surface area (Å²) in [5.41, 5.74) is 0.933. The van der Waals surface area contributed by atoms with Crippen molar-refractivity contribution < 1.29 is 26.4 Å². The molecule has 1 aliphatic carbocycles. The molecule has 1 aliphatic heterocycles. The van der Waals surface area contributed by atoms with Gasteiger partial charge in [0.1, 0.15) is 0 Å². The molecule has 210 valence electrons. The average Bonchev–Trinajstić information content (AvgIpc) is 3.60. The van der Waals surface area contributed by atoms with Gasteiger partial charge in [0.15, 0.2) is 15.0 Å². The molecule has 0 bridgehead atoms. The van der Waals surface area contributed by atoms with Crippen molar-refractivity contribution in [3.05, 3.63) is 48.0 Å². The maximum absolute atomic E-state index is 13.8. The van der Waals surface area contributed by atoms with Gasteiger partial charge in [-0.15, -0.1) is 0 Å². The highest BCUT2D eigenvalue weighted by Crippen LogP contribution is 2.33. The molecule has 0 radical (unpaired) electrons. The van der Waals surface area contributed by atoms with E-state index in [1.165, 1.54) is 33.8 Å². The van der Waals surface area contributed by atoms with Crippen LogP contribution in [0.5, 0.6) is 0 Å². The van der Waals surface area contributed by atoms with Crippen molar-refractivity contribution in [3.8, 4) is 0 Å². The third-order valence-corrected chi connectivity index (χ3v) is 11.6. The number of sulfone groups is 1. The lowest BCUT2D eigenvalue weighted by Crippen LogP contribution is -2.38. The number of carbonyl (C=O) groups excluding carboxylic acids is 1. The van der Waals surface area contributed by atoms with E-state index in [1.807, 2.05) is 0 Å². The molecule has 39 heavy (non-hydrogen) atoms. The number of anilines is 1. The molecule has 1 aromatic heterocycles. The van der Waals surface area contributed by atoms with Gasteiger partial charge in [-0.05, 0) is 68.1 Å². The molecule has 9 nitrogen and oxygen atoms in total. The fraction of sp³-hybridized carbons (Fsp3) is 0.481. The minimum atomic E-state index is -3.68. The number of fused-ring (bicyclic) bond motifs is 1. The lowest BCUT2D eigenvalue weighted by molar-refractivity contribution is 0.0917. The number of hydrogen-bond acceptors (Lipinski definition) is 8. The molecule has 1 unspecified atom stereocenters. The monoisotopic (exact) mass is 591 g/mol. The van der Waals surface area contributed by atoms with Crippen molar-refractivity contribution in [2.24, 2.45) is 0 Å². The Morgan fingerprint density at radius 1 is 0.974 bits per heavy atom. The van der Waals surface area contributed by atoms with Crippen molar-refractivity contribution in [2.45, 2.75) is 66.9 Å². The molecular formula is C27H33N3O6S3. The molecule has 0 spiro atoms. The first-order valence-corrected chi connectivity index (χ1v) is 17.3. The molecule has 1 amide bonds. The van der Waals surface area contributed by atoms with Crippen LogP contribution in [-0.4, -0.2) is 70.6 Å². The predicted molar refractivity (Wildman–Crippen MR) is 152 cm³/mol. The van der Waals surface area contributed by atoms with E-state index in [-0.39, 0.29) is 27.8 Å². The van der Waals surface area contributed by atoms with Crippen molar-refractivity contribution in [1.29, 1.82) is 0 Å². The third-order valence-electron chi connectivity index (χ3n) is 7.53. The van der Waals surface area contributed by atoms with Gasteiger partial charge in [0.05, 0.1) is 32.7 Å². The molecule has 2 fully saturated rings. The molecule has 0 N–H and O–H groups in total. The number of rotatable bonds is 8. The van der Waals surface area contributed by atoms with Crippen LogP contribution in [0.1, 0.15) is 55.3 Å². The summed E-state index contributed by atoms with van der Waals surface area (Å²) in [7, 11) is -5.43. The fourth-order valence-electron chi connectivity index (χ4n) is 5.21. The summed E-state index contributed by atoms with van der Waals surface area (Å²) < 4.78 is 58.5. The summed E-state index contributed by atoms with van der Waals surface area (Å²) in [4.78, 5) is 20.3. The SMILES string of the molecule is CN(C1CCCCC1)S(=O)(=O)c1ccc(C(=O)N(CC2CCCO2)c2nc3ccc(S(C)(=O)=O)cc3s2)cc1. The lowest BCUT2D eigenvalue weighted by atomic mass is 9.96. The second kappa shape index (κ2) is 11.2. The number of benzene rings is 2. The van der Waals surface area contributed by atoms with E-state index in [0.29, 0.717) is 34.1 Å². The van der Waals surface area contributed by atoms with Crippen LogP contribution in [0.3, 0.4) is 0 Å². The average molecular weight is 592 g/mol. The number of ether oxygens (including phenoxy) is 1. The largest absolute Gasteiger partial charge is 0.376 e. The van der Waals surface area contributed by atoms with Crippen molar-refractivity contribution >= 4 is 52.5 Å². The van der Waals surface area contributed by atoms with Gasteiger partial charge in [0, 0.05) is 31.5 Å². The number of nitrogens with zero attached hydrogens (tertiary/aromatic N) is 3. The van der Waals surface area contributed by atoms with E-state index in [4.69, 9.17) is 4.74 Å². The predicted octanol–water partition coefficient (Wildman–Crippen LogP) is 4.48. The van der Waals surface area contributed by atoms with E-state index >= 15 is 0 Å². The summed E-state index contributed by atoms with van der Waals surface area (Å²) in [6.45, 7) is 0.924. The highest BCUT2D eigenvalue weighted by Gasteiger charge is 2.31.